The standard InChI is InChI=1S/C27H33N7O5S2/c1-19-26-30-25(20-8-3-2-4-9-20)31-34(26)16-15-32(23(36)18-28-41(38,39)24-12-7-17-40-24)13-6-11-22(35)33-14-5-10-21(33)27(37)29-19/h2-4,7-9,12,17,19,21,28H,5-6,10-11,13-16,18H2,1H3,(H,29,37)/t19-,21-/m0/s1. The van der Waals surface area contributed by atoms with E-state index in [9.17, 15) is 22.8 Å². The molecule has 1 saturated heterocycles. The van der Waals surface area contributed by atoms with Crippen LogP contribution in [0.5, 0.6) is 0 Å². The third-order valence-electron chi connectivity index (χ3n) is 7.28. The summed E-state index contributed by atoms with van der Waals surface area (Å²) in [6.45, 7) is 2.65. The highest BCUT2D eigenvalue weighted by Gasteiger charge is 2.35. The lowest BCUT2D eigenvalue weighted by Gasteiger charge is -2.28. The number of rotatable bonds is 5. The van der Waals surface area contributed by atoms with Crippen molar-refractivity contribution in [2.45, 2.75) is 55.4 Å². The lowest BCUT2D eigenvalue weighted by Crippen LogP contribution is -2.47. The molecule has 0 radical (unpaired) electrons. The highest BCUT2D eigenvalue weighted by molar-refractivity contribution is 7.91. The monoisotopic (exact) mass is 599 g/mol. The van der Waals surface area contributed by atoms with E-state index in [1.165, 1.54) is 6.07 Å². The lowest BCUT2D eigenvalue weighted by molar-refractivity contribution is -0.139. The van der Waals surface area contributed by atoms with Gasteiger partial charge in [0.1, 0.15) is 16.1 Å². The van der Waals surface area contributed by atoms with Crippen molar-refractivity contribution in [3.8, 4) is 11.4 Å². The Labute approximate surface area is 242 Å². The van der Waals surface area contributed by atoms with Crippen LogP contribution in [0.25, 0.3) is 11.4 Å². The average Bonchev–Trinajstić information content (AvgIpc) is 3.75. The number of carbonyl (C=O) groups is 3. The number of nitrogens with one attached hydrogen (secondary N) is 2. The fourth-order valence-electron chi connectivity index (χ4n) is 5.16. The summed E-state index contributed by atoms with van der Waals surface area (Å²) >= 11 is 1.07. The van der Waals surface area contributed by atoms with Gasteiger partial charge in [0.2, 0.25) is 17.7 Å². The third kappa shape index (κ3) is 6.66. The minimum absolute atomic E-state index is 0.132. The number of hydrogen-bond acceptors (Lipinski definition) is 8. The maximum atomic E-state index is 13.3. The molecule has 0 aliphatic carbocycles. The normalized spacial score (nSPS) is 20.7. The van der Waals surface area contributed by atoms with Crippen LogP contribution in [0, 0.1) is 0 Å². The van der Waals surface area contributed by atoms with E-state index in [0.29, 0.717) is 31.0 Å². The van der Waals surface area contributed by atoms with Gasteiger partial charge in [-0.1, -0.05) is 36.4 Å². The predicted molar refractivity (Wildman–Crippen MR) is 152 cm³/mol. The van der Waals surface area contributed by atoms with Crippen LogP contribution in [0.3, 0.4) is 0 Å². The number of aromatic nitrogens is 3. The molecule has 5 rings (SSSR count). The predicted octanol–water partition coefficient (Wildman–Crippen LogP) is 1.78. The molecule has 3 aromatic rings. The highest BCUT2D eigenvalue weighted by Crippen LogP contribution is 2.23. The summed E-state index contributed by atoms with van der Waals surface area (Å²) in [4.78, 5) is 47.4. The second kappa shape index (κ2) is 12.5. The molecule has 0 unspecified atom stereocenters. The van der Waals surface area contributed by atoms with Gasteiger partial charge in [-0.25, -0.2) is 22.8 Å². The van der Waals surface area contributed by atoms with Crippen molar-refractivity contribution in [1.82, 2.24) is 34.6 Å². The Morgan fingerprint density at radius 1 is 1.07 bits per heavy atom. The van der Waals surface area contributed by atoms with Gasteiger partial charge in [-0.3, -0.25) is 14.4 Å². The molecule has 2 aromatic heterocycles. The van der Waals surface area contributed by atoms with Gasteiger partial charge in [-0.15, -0.1) is 11.3 Å². The molecular formula is C27H33N7O5S2. The molecule has 14 heteroatoms. The number of amides is 3. The van der Waals surface area contributed by atoms with Crippen molar-refractivity contribution in [3.05, 3.63) is 53.7 Å². The van der Waals surface area contributed by atoms with Crippen LogP contribution in [0.4, 0.5) is 0 Å². The van der Waals surface area contributed by atoms with Gasteiger partial charge in [-0.05, 0) is 37.6 Å². The van der Waals surface area contributed by atoms with Crippen LogP contribution in [-0.2, 0) is 31.0 Å². The van der Waals surface area contributed by atoms with Crippen molar-refractivity contribution in [2.75, 3.05) is 26.2 Å². The fourth-order valence-corrected chi connectivity index (χ4v) is 7.17. The van der Waals surface area contributed by atoms with Gasteiger partial charge in [0.15, 0.2) is 5.82 Å². The Kier molecular flexibility index (Phi) is 8.80. The van der Waals surface area contributed by atoms with Crippen molar-refractivity contribution >= 4 is 39.1 Å². The summed E-state index contributed by atoms with van der Waals surface area (Å²) in [6.07, 6.45) is 1.88. The molecule has 4 heterocycles. The average molecular weight is 600 g/mol. The second-order valence-electron chi connectivity index (χ2n) is 10.1. The van der Waals surface area contributed by atoms with E-state index >= 15 is 0 Å². The molecule has 0 saturated carbocycles. The molecule has 1 fully saturated rings. The number of hydrogen-bond donors (Lipinski definition) is 2. The Morgan fingerprint density at radius 3 is 2.63 bits per heavy atom. The molecule has 12 nitrogen and oxygen atoms in total. The van der Waals surface area contributed by atoms with Crippen LogP contribution in [0.15, 0.2) is 52.1 Å². The first-order chi connectivity index (χ1) is 19.7. The van der Waals surface area contributed by atoms with Crippen LogP contribution in [-0.4, -0.2) is 82.9 Å². The molecule has 0 bridgehead atoms. The maximum Gasteiger partial charge on any atom is 0.250 e. The molecule has 2 aliphatic rings. The number of fused-ring (bicyclic) bond motifs is 2. The molecular weight excluding hydrogens is 566 g/mol. The molecule has 2 N–H and O–H groups in total. The fraction of sp³-hybridized carbons (Fsp3) is 0.444. The summed E-state index contributed by atoms with van der Waals surface area (Å²) in [6, 6.07) is 11.5. The summed E-state index contributed by atoms with van der Waals surface area (Å²) in [5.74, 6) is 0.259. The first-order valence-electron chi connectivity index (χ1n) is 13.6. The highest BCUT2D eigenvalue weighted by atomic mass is 32.2. The van der Waals surface area contributed by atoms with Crippen molar-refractivity contribution in [1.29, 1.82) is 0 Å². The number of carbonyl (C=O) groups excluding carboxylic acids is 3. The van der Waals surface area contributed by atoms with E-state index in [1.807, 2.05) is 37.3 Å². The summed E-state index contributed by atoms with van der Waals surface area (Å²) in [5, 5.41) is 9.37. The van der Waals surface area contributed by atoms with Crippen molar-refractivity contribution in [3.63, 3.8) is 0 Å². The molecule has 1 aromatic carbocycles. The lowest BCUT2D eigenvalue weighted by atomic mass is 10.1. The summed E-state index contributed by atoms with van der Waals surface area (Å²) < 4.78 is 29.4. The molecule has 41 heavy (non-hydrogen) atoms. The van der Waals surface area contributed by atoms with E-state index in [-0.39, 0.29) is 42.1 Å². The quantitative estimate of drug-likeness (QED) is 0.455. The molecule has 2 aliphatic heterocycles. The third-order valence-corrected chi connectivity index (χ3v) is 10.1. The van der Waals surface area contributed by atoms with Crippen molar-refractivity contribution < 1.29 is 22.8 Å². The topological polar surface area (TPSA) is 147 Å². The van der Waals surface area contributed by atoms with E-state index in [2.05, 4.69) is 10.0 Å². The van der Waals surface area contributed by atoms with Crippen LogP contribution in [0.1, 0.15) is 44.5 Å². The van der Waals surface area contributed by atoms with Crippen LogP contribution in [0.2, 0.25) is 0 Å². The molecule has 3 amide bonds. The first kappa shape index (κ1) is 28.9. The number of benzene rings is 1. The van der Waals surface area contributed by atoms with Gasteiger partial charge in [0, 0.05) is 31.6 Å². The van der Waals surface area contributed by atoms with Crippen LogP contribution < -0.4 is 10.0 Å². The smallest absolute Gasteiger partial charge is 0.250 e. The Hall–Kier alpha value is -3.62. The zero-order chi connectivity index (χ0) is 29.0. The molecule has 218 valence electrons. The van der Waals surface area contributed by atoms with Crippen LogP contribution >= 0.6 is 11.3 Å². The SMILES string of the molecule is C[C@@H]1NC(=O)[C@@H]2CCCN2C(=O)CCCN(C(=O)CNS(=O)(=O)c2cccs2)CCn2nc(-c3ccccc3)nc21. The van der Waals surface area contributed by atoms with Gasteiger partial charge in [0.25, 0.3) is 10.0 Å². The summed E-state index contributed by atoms with van der Waals surface area (Å²) in [5.41, 5.74) is 0.812. The van der Waals surface area contributed by atoms with Gasteiger partial charge in [-0.2, -0.15) is 5.10 Å². The second-order valence-corrected chi connectivity index (χ2v) is 13.0. The number of thiophene rings is 1. The minimum Gasteiger partial charge on any atom is -0.345 e. The zero-order valence-corrected chi connectivity index (χ0v) is 24.4. The van der Waals surface area contributed by atoms with Gasteiger partial charge >= 0.3 is 0 Å². The minimum atomic E-state index is -3.81. The van der Waals surface area contributed by atoms with E-state index < -0.39 is 34.6 Å². The largest absolute Gasteiger partial charge is 0.345 e. The Bertz CT molecular complexity index is 1490. The molecule has 2 atom stereocenters. The molecule has 0 spiro atoms. The summed E-state index contributed by atoms with van der Waals surface area (Å²) in [7, 11) is -3.81. The first-order valence-corrected chi connectivity index (χ1v) is 16.0. The van der Waals surface area contributed by atoms with E-state index in [0.717, 1.165) is 23.3 Å². The van der Waals surface area contributed by atoms with Gasteiger partial charge in [0.05, 0.1) is 19.1 Å². The van der Waals surface area contributed by atoms with E-state index in [1.54, 1.807) is 25.9 Å². The number of nitrogens with zero attached hydrogens (tertiary/aromatic N) is 5. The van der Waals surface area contributed by atoms with Crippen molar-refractivity contribution in [2.24, 2.45) is 0 Å². The maximum absolute atomic E-state index is 13.3. The Morgan fingerprint density at radius 2 is 1.88 bits per heavy atom. The van der Waals surface area contributed by atoms with E-state index in [4.69, 9.17) is 10.1 Å². The van der Waals surface area contributed by atoms with Gasteiger partial charge < -0.3 is 15.1 Å². The number of sulfonamides is 1. The zero-order valence-electron chi connectivity index (χ0n) is 22.7. The Balaban J connectivity index is 1.41.